The molecule has 1 amide bonds. The van der Waals surface area contributed by atoms with Crippen LogP contribution in [0, 0.1) is 26.8 Å². The number of nitrogens with one attached hydrogen (secondary N) is 1. The van der Waals surface area contributed by atoms with Crippen LogP contribution in [0.1, 0.15) is 33.5 Å². The average Bonchev–Trinajstić information content (AvgIpc) is 2.85. The van der Waals surface area contributed by atoms with E-state index >= 15 is 0 Å². The molecule has 0 aromatic heterocycles. The monoisotopic (exact) mass is 446 g/mol. The summed E-state index contributed by atoms with van der Waals surface area (Å²) < 4.78 is 0. The number of aryl methyl sites for hydroxylation is 3. The van der Waals surface area contributed by atoms with Gasteiger partial charge in [0.1, 0.15) is 0 Å². The third-order valence-electron chi connectivity index (χ3n) is 2.49. The van der Waals surface area contributed by atoms with Crippen LogP contribution in [0.2, 0.25) is 13.1 Å². The maximum atomic E-state index is 10.9. The summed E-state index contributed by atoms with van der Waals surface area (Å²) in [7, 11) is 0.750. The van der Waals surface area contributed by atoms with E-state index in [1.165, 1.54) is 0 Å². The minimum absolute atomic E-state index is 0. The van der Waals surface area contributed by atoms with Crippen molar-refractivity contribution in [3.05, 3.63) is 64.4 Å². The second kappa shape index (κ2) is 18.2. The fourth-order valence-corrected chi connectivity index (χ4v) is 1.88. The average molecular weight is 449 g/mol. The quantitative estimate of drug-likeness (QED) is 0.386. The molecule has 2 nitrogen and oxygen atoms in total. The van der Waals surface area contributed by atoms with Gasteiger partial charge in [0.25, 0.3) is 0 Å². The van der Waals surface area contributed by atoms with E-state index < -0.39 is 5.91 Å². The molecule has 1 aliphatic carbocycles. The number of benzene rings is 1. The van der Waals surface area contributed by atoms with Crippen LogP contribution in [-0.4, -0.2) is 15.4 Å². The Kier molecular flexibility index (Phi) is 24.3. The molecule has 125 valence electrons. The summed E-state index contributed by atoms with van der Waals surface area (Å²) in [5, 5.41) is 0. The Labute approximate surface area is 175 Å². The van der Waals surface area contributed by atoms with E-state index in [1.807, 2.05) is 45.1 Å². The molecule has 1 aromatic rings. The van der Waals surface area contributed by atoms with Gasteiger partial charge in [-0.05, 0) is 31.9 Å². The second-order valence-corrected chi connectivity index (χ2v) is 5.84. The largest absolute Gasteiger partial charge is 4.00 e. The summed E-state index contributed by atoms with van der Waals surface area (Å²) >= 11 is 0. The van der Waals surface area contributed by atoms with E-state index in [0.717, 1.165) is 32.6 Å². The predicted octanol–water partition coefficient (Wildman–Crippen LogP) is -1.37. The van der Waals surface area contributed by atoms with Crippen molar-refractivity contribution in [3.63, 3.8) is 0 Å². The summed E-state index contributed by atoms with van der Waals surface area (Å²) in [6, 6.07) is 3.85. The van der Waals surface area contributed by atoms with Crippen LogP contribution in [-0.2, 0) is 26.2 Å². The molecule has 1 aliphatic rings. The Morgan fingerprint density at radius 1 is 1.13 bits per heavy atom. The number of hydrogen-bond acceptors (Lipinski definition) is 1. The summed E-state index contributed by atoms with van der Waals surface area (Å²) in [5.41, 5.74) is 10.5. The molecule has 23 heavy (non-hydrogen) atoms. The molecule has 1 radical (unpaired) electrons. The van der Waals surface area contributed by atoms with E-state index in [4.69, 9.17) is 5.73 Å². The molecule has 1 N–H and O–H groups in total. The molecule has 6 heteroatoms. The minimum atomic E-state index is -0.593. The molecular formula is C17H24Cl2NOSiZr. The maximum Gasteiger partial charge on any atom is 4.00 e. The molecule has 1 aromatic carbocycles. The molecule has 0 saturated heterocycles. The van der Waals surface area contributed by atoms with Crippen molar-refractivity contribution in [2.75, 3.05) is 0 Å². The van der Waals surface area contributed by atoms with Crippen LogP contribution in [0.3, 0.4) is 0 Å². The van der Waals surface area contributed by atoms with Crippen molar-refractivity contribution in [1.82, 2.24) is 0 Å². The maximum absolute atomic E-state index is 10.9. The van der Waals surface area contributed by atoms with Crippen LogP contribution >= 0.6 is 0 Å². The van der Waals surface area contributed by atoms with Crippen molar-refractivity contribution in [1.29, 1.82) is 0 Å². The van der Waals surface area contributed by atoms with Gasteiger partial charge in [0, 0.05) is 15.1 Å². The van der Waals surface area contributed by atoms with E-state index in [2.05, 4.69) is 25.2 Å². The topological polar surface area (TPSA) is 40.9 Å². The summed E-state index contributed by atoms with van der Waals surface area (Å²) in [6.07, 6.45) is 10.0. The number of carbonyl (C=O) groups excluding carboxylic acids is 1. The second-order valence-electron chi connectivity index (χ2n) is 4.68. The number of allylic oxidation sites excluding steroid dienone is 4. The molecule has 0 spiro atoms. The molecular weight excluding hydrogens is 424 g/mol. The molecule has 0 heterocycles. The number of amides is 1. The zero-order valence-electron chi connectivity index (χ0n) is 14.3. The van der Waals surface area contributed by atoms with Gasteiger partial charge < -0.3 is 35.3 Å². The van der Waals surface area contributed by atoms with Crippen molar-refractivity contribution < 1.29 is 55.8 Å². The summed E-state index contributed by atoms with van der Waals surface area (Å²) in [4.78, 5) is 10.9. The van der Waals surface area contributed by atoms with Gasteiger partial charge in [-0.2, -0.15) is 6.08 Å². The smallest absolute Gasteiger partial charge is 1.00 e. The Balaban J connectivity index is -0.000000140. The standard InChI is InChI=1S/C10H13NO.C5H5.C2H7Si.2ClH.Zr/c1-6-4-7(2)9(10(11)12)8(3)5-6;1-2-4-5-3-1;1-3-2;;;/h4-5H,1-3H3,(H2,11,12);1-3H,4H2;3H,1-2H3;2*1H;/q;-1;;;;+4/p-3. The van der Waals surface area contributed by atoms with Gasteiger partial charge in [0.2, 0.25) is 0 Å². The van der Waals surface area contributed by atoms with Crippen molar-refractivity contribution >= 4 is 15.4 Å². The van der Waals surface area contributed by atoms with Gasteiger partial charge in [-0.25, -0.2) is 12.2 Å². The molecule has 0 fully saturated rings. The van der Waals surface area contributed by atoms with Crippen molar-refractivity contribution in [2.45, 2.75) is 40.3 Å². The third-order valence-corrected chi connectivity index (χ3v) is 2.49. The molecule has 0 unspecified atom stereocenters. The van der Waals surface area contributed by atoms with Crippen LogP contribution < -0.4 is 24.8 Å². The van der Waals surface area contributed by atoms with Crippen molar-refractivity contribution in [3.8, 4) is 0 Å². The summed E-state index contributed by atoms with van der Waals surface area (Å²) in [5.74, 6) is -0.593. The number of carbonyl (C=O) groups is 1. The number of hydrogen-bond donors (Lipinski definition) is 0. The Bertz CT molecular complexity index is 472. The Hall–Kier alpha value is -0.150. The fourth-order valence-electron chi connectivity index (χ4n) is 1.88. The number of halogens is 2. The first-order valence-corrected chi connectivity index (χ1v) is 9.04. The minimum Gasteiger partial charge on any atom is -1.00 e. The molecule has 0 bridgehead atoms. The molecule has 0 atom stereocenters. The molecule has 0 aliphatic heterocycles. The van der Waals surface area contributed by atoms with Gasteiger partial charge in [-0.3, -0.25) is 6.08 Å². The zero-order chi connectivity index (χ0) is 15.5. The first-order chi connectivity index (χ1) is 9.43. The van der Waals surface area contributed by atoms with Crippen LogP contribution in [0.5, 0.6) is 0 Å². The SMILES string of the molecule is C[SiH]C.Cc1cc(C)c(C([NH-])=O)c(C)c1.[C-]1=CC=CC1.[Cl-].[Cl-].[Zr+4]. The molecule has 0 saturated carbocycles. The number of rotatable bonds is 1. The van der Waals surface area contributed by atoms with Gasteiger partial charge in [0.15, 0.2) is 0 Å². The van der Waals surface area contributed by atoms with Crippen LogP contribution in [0.15, 0.2) is 30.4 Å². The van der Waals surface area contributed by atoms with Gasteiger partial charge in [0.05, 0.1) is 5.91 Å². The Morgan fingerprint density at radius 2 is 1.57 bits per heavy atom. The van der Waals surface area contributed by atoms with Gasteiger partial charge in [-0.1, -0.05) is 30.8 Å². The predicted molar refractivity (Wildman–Crippen MR) is 89.8 cm³/mol. The fraction of sp³-hybridized carbons (Fsp3) is 0.353. The normalized spacial score (nSPS) is 9.78. The van der Waals surface area contributed by atoms with Gasteiger partial charge in [-0.15, -0.1) is 6.42 Å². The third kappa shape index (κ3) is 13.9. The first kappa shape index (κ1) is 30.7. The summed E-state index contributed by atoms with van der Waals surface area (Å²) in [6.45, 7) is 10.1. The Morgan fingerprint density at radius 3 is 1.78 bits per heavy atom. The van der Waals surface area contributed by atoms with Gasteiger partial charge >= 0.3 is 26.2 Å². The first-order valence-electron chi connectivity index (χ1n) is 6.73. The zero-order valence-corrected chi connectivity index (χ0v) is 19.5. The van der Waals surface area contributed by atoms with E-state index in [0.29, 0.717) is 5.56 Å². The molecule has 2 rings (SSSR count). The van der Waals surface area contributed by atoms with E-state index in [-0.39, 0.29) is 51.0 Å². The van der Waals surface area contributed by atoms with Crippen LogP contribution in [0.4, 0.5) is 0 Å². The van der Waals surface area contributed by atoms with E-state index in [9.17, 15) is 4.79 Å². The van der Waals surface area contributed by atoms with E-state index in [1.54, 1.807) is 0 Å². The van der Waals surface area contributed by atoms with Crippen molar-refractivity contribution in [2.24, 2.45) is 0 Å². The van der Waals surface area contributed by atoms with Crippen LogP contribution in [0.25, 0.3) is 5.73 Å².